The van der Waals surface area contributed by atoms with Crippen LogP contribution in [0.15, 0.2) is 24.3 Å². The number of benzene rings is 1. The van der Waals surface area contributed by atoms with Crippen LogP contribution < -0.4 is 15.4 Å². The monoisotopic (exact) mass is 354 g/mol. The van der Waals surface area contributed by atoms with Crippen molar-refractivity contribution in [3.8, 4) is 6.01 Å². The van der Waals surface area contributed by atoms with Gasteiger partial charge in [0.05, 0.1) is 34.9 Å². The fourth-order valence-corrected chi connectivity index (χ4v) is 2.17. The molecule has 0 saturated heterocycles. The summed E-state index contributed by atoms with van der Waals surface area (Å²) in [6, 6.07) is 4.08. The van der Waals surface area contributed by atoms with Gasteiger partial charge in [0.1, 0.15) is 0 Å². The van der Waals surface area contributed by atoms with E-state index in [1.807, 2.05) is 0 Å². The van der Waals surface area contributed by atoms with Crippen LogP contribution in [0, 0.1) is 13.8 Å². The number of para-hydroxylation sites is 1. The van der Waals surface area contributed by atoms with Crippen LogP contribution in [0.5, 0.6) is 6.01 Å². The van der Waals surface area contributed by atoms with Crippen LogP contribution in [0.4, 0.5) is 29.3 Å². The third-order valence-corrected chi connectivity index (χ3v) is 3.24. The number of carbonyl (C=O) groups is 1. The molecular formula is C16H17F3N4O2. The summed E-state index contributed by atoms with van der Waals surface area (Å²) in [5, 5.41) is 4.68. The Morgan fingerprint density at radius 3 is 2.28 bits per heavy atom. The van der Waals surface area contributed by atoms with Gasteiger partial charge in [-0.15, -0.1) is 0 Å². The lowest BCUT2D eigenvalue weighted by atomic mass is 10.1. The molecule has 0 unspecified atom stereocenters. The average molecular weight is 354 g/mol. The highest BCUT2D eigenvalue weighted by Gasteiger charge is 2.33. The SMILES string of the molecule is CCOc1nc(C)c(NC(=O)Nc2ccccc2C(F)(F)F)c(C)n1. The summed E-state index contributed by atoms with van der Waals surface area (Å²) >= 11 is 0. The number of hydrogen-bond acceptors (Lipinski definition) is 4. The van der Waals surface area contributed by atoms with E-state index in [1.165, 1.54) is 18.2 Å². The molecule has 0 aliphatic carbocycles. The maximum atomic E-state index is 13.0. The van der Waals surface area contributed by atoms with Crippen molar-refractivity contribution < 1.29 is 22.7 Å². The minimum Gasteiger partial charge on any atom is -0.464 e. The minimum atomic E-state index is -4.57. The van der Waals surface area contributed by atoms with Crippen LogP contribution in [-0.2, 0) is 6.18 Å². The molecule has 1 aromatic carbocycles. The van der Waals surface area contributed by atoms with Gasteiger partial charge in [0.15, 0.2) is 0 Å². The van der Waals surface area contributed by atoms with Crippen molar-refractivity contribution in [3.63, 3.8) is 0 Å². The zero-order valence-electron chi connectivity index (χ0n) is 13.9. The van der Waals surface area contributed by atoms with E-state index in [0.29, 0.717) is 23.7 Å². The zero-order valence-corrected chi connectivity index (χ0v) is 13.9. The minimum absolute atomic E-state index is 0.172. The number of aryl methyl sites for hydroxylation is 2. The number of aromatic nitrogens is 2. The van der Waals surface area contributed by atoms with Gasteiger partial charge in [0.25, 0.3) is 0 Å². The average Bonchev–Trinajstić information content (AvgIpc) is 2.51. The van der Waals surface area contributed by atoms with Crippen LogP contribution in [0.3, 0.4) is 0 Å². The molecule has 134 valence electrons. The maximum absolute atomic E-state index is 13.0. The van der Waals surface area contributed by atoms with Gasteiger partial charge in [-0.3, -0.25) is 0 Å². The maximum Gasteiger partial charge on any atom is 0.418 e. The highest BCUT2D eigenvalue weighted by Crippen LogP contribution is 2.34. The van der Waals surface area contributed by atoms with Crippen molar-refractivity contribution in [2.24, 2.45) is 0 Å². The van der Waals surface area contributed by atoms with E-state index in [2.05, 4.69) is 20.6 Å². The molecule has 0 spiro atoms. The first-order valence-corrected chi connectivity index (χ1v) is 7.44. The largest absolute Gasteiger partial charge is 0.464 e. The predicted octanol–water partition coefficient (Wildman–Crippen LogP) is 4.15. The summed E-state index contributed by atoms with van der Waals surface area (Å²) < 4.78 is 44.1. The molecule has 2 amide bonds. The summed E-state index contributed by atoms with van der Waals surface area (Å²) in [6.45, 7) is 5.44. The van der Waals surface area contributed by atoms with E-state index in [9.17, 15) is 18.0 Å². The molecule has 0 saturated carbocycles. The second kappa shape index (κ2) is 7.37. The molecule has 0 bridgehead atoms. The number of hydrogen-bond donors (Lipinski definition) is 2. The van der Waals surface area contributed by atoms with E-state index in [4.69, 9.17) is 4.74 Å². The molecule has 0 aliphatic rings. The summed E-state index contributed by atoms with van der Waals surface area (Å²) in [5.74, 6) is 0. The number of rotatable bonds is 4. The van der Waals surface area contributed by atoms with Crippen molar-refractivity contribution in [2.45, 2.75) is 26.9 Å². The van der Waals surface area contributed by atoms with Gasteiger partial charge >= 0.3 is 18.2 Å². The number of ether oxygens (including phenoxy) is 1. The van der Waals surface area contributed by atoms with E-state index < -0.39 is 17.8 Å². The van der Waals surface area contributed by atoms with Crippen molar-refractivity contribution in [2.75, 3.05) is 17.2 Å². The molecule has 9 heteroatoms. The van der Waals surface area contributed by atoms with Crippen molar-refractivity contribution in [3.05, 3.63) is 41.2 Å². The summed E-state index contributed by atoms with van der Waals surface area (Å²) in [6.07, 6.45) is -4.57. The number of nitrogens with one attached hydrogen (secondary N) is 2. The first-order valence-electron chi connectivity index (χ1n) is 7.44. The number of anilines is 2. The molecule has 25 heavy (non-hydrogen) atoms. The Morgan fingerprint density at radius 2 is 1.72 bits per heavy atom. The van der Waals surface area contributed by atoms with E-state index in [1.54, 1.807) is 20.8 Å². The lowest BCUT2D eigenvalue weighted by Gasteiger charge is -2.15. The van der Waals surface area contributed by atoms with E-state index >= 15 is 0 Å². The van der Waals surface area contributed by atoms with E-state index in [-0.39, 0.29) is 11.7 Å². The third kappa shape index (κ3) is 4.59. The Kier molecular flexibility index (Phi) is 5.45. The fourth-order valence-electron chi connectivity index (χ4n) is 2.17. The Morgan fingerprint density at radius 1 is 1.12 bits per heavy atom. The van der Waals surface area contributed by atoms with Gasteiger partial charge in [-0.25, -0.2) is 4.79 Å². The Hall–Kier alpha value is -2.84. The summed E-state index contributed by atoms with van der Waals surface area (Å²) in [5.41, 5.74) is -0.0768. The van der Waals surface area contributed by atoms with Gasteiger partial charge in [-0.1, -0.05) is 12.1 Å². The standard InChI is InChI=1S/C16H17F3N4O2/c1-4-25-15-20-9(2)13(10(3)21-15)23-14(24)22-12-8-6-5-7-11(12)16(17,18)19/h5-8H,4H2,1-3H3,(H2,22,23,24). The lowest BCUT2D eigenvalue weighted by Crippen LogP contribution is -2.23. The van der Waals surface area contributed by atoms with Gasteiger partial charge in [-0.2, -0.15) is 23.1 Å². The number of halogens is 3. The third-order valence-electron chi connectivity index (χ3n) is 3.24. The number of amides is 2. The van der Waals surface area contributed by atoms with Gasteiger partial charge in [0, 0.05) is 0 Å². The molecule has 0 radical (unpaired) electrons. The van der Waals surface area contributed by atoms with Gasteiger partial charge in [-0.05, 0) is 32.9 Å². The Labute approximate surface area is 142 Å². The molecule has 0 fully saturated rings. The molecule has 1 aromatic heterocycles. The second-order valence-electron chi connectivity index (χ2n) is 5.11. The lowest BCUT2D eigenvalue weighted by molar-refractivity contribution is -0.136. The summed E-state index contributed by atoms with van der Waals surface area (Å²) in [7, 11) is 0. The van der Waals surface area contributed by atoms with Crippen molar-refractivity contribution >= 4 is 17.4 Å². The van der Waals surface area contributed by atoms with Crippen LogP contribution in [0.2, 0.25) is 0 Å². The highest BCUT2D eigenvalue weighted by molar-refractivity contribution is 6.00. The molecule has 6 nitrogen and oxygen atoms in total. The molecule has 0 aliphatic heterocycles. The van der Waals surface area contributed by atoms with Crippen LogP contribution in [-0.4, -0.2) is 22.6 Å². The van der Waals surface area contributed by atoms with Crippen LogP contribution in [0.1, 0.15) is 23.9 Å². The number of carbonyl (C=O) groups excluding carboxylic acids is 1. The molecule has 2 rings (SSSR count). The Bertz CT molecular complexity index is 755. The first-order chi connectivity index (χ1) is 11.7. The number of urea groups is 1. The van der Waals surface area contributed by atoms with Crippen molar-refractivity contribution in [1.29, 1.82) is 0 Å². The molecule has 2 aromatic rings. The molecular weight excluding hydrogens is 337 g/mol. The molecule has 0 atom stereocenters. The van der Waals surface area contributed by atoms with Crippen LogP contribution in [0.25, 0.3) is 0 Å². The molecule has 2 N–H and O–H groups in total. The fraction of sp³-hybridized carbons (Fsp3) is 0.312. The highest BCUT2D eigenvalue weighted by atomic mass is 19.4. The van der Waals surface area contributed by atoms with Gasteiger partial charge < -0.3 is 15.4 Å². The quantitative estimate of drug-likeness (QED) is 0.865. The number of nitrogens with zero attached hydrogens (tertiary/aromatic N) is 2. The predicted molar refractivity (Wildman–Crippen MR) is 86.8 cm³/mol. The molecule has 1 heterocycles. The zero-order chi connectivity index (χ0) is 18.6. The topological polar surface area (TPSA) is 76.1 Å². The normalized spacial score (nSPS) is 11.1. The van der Waals surface area contributed by atoms with Crippen molar-refractivity contribution in [1.82, 2.24) is 9.97 Å². The van der Waals surface area contributed by atoms with Crippen LogP contribution >= 0.6 is 0 Å². The number of alkyl halides is 3. The van der Waals surface area contributed by atoms with Gasteiger partial charge in [0.2, 0.25) is 0 Å². The smallest absolute Gasteiger partial charge is 0.418 e. The van der Waals surface area contributed by atoms with E-state index in [0.717, 1.165) is 6.07 Å². The Balaban J connectivity index is 2.20. The first kappa shape index (κ1) is 18.5. The second-order valence-corrected chi connectivity index (χ2v) is 5.11. The summed E-state index contributed by atoms with van der Waals surface area (Å²) in [4.78, 5) is 20.3.